The third kappa shape index (κ3) is 2.38. The standard InChI is InChI=1S/C21H34O2/c1-14(22)23-18-10-13-20(2)12-9-17-16(19(18)20)8-7-15-6-4-5-11-21(15,17)3/h15-19H,4-13H2,1-3H3/t15-,16-,17+,18-,19-,20-,21+/m1/s1. The van der Waals surface area contributed by atoms with Crippen LogP contribution >= 0.6 is 0 Å². The zero-order valence-corrected chi connectivity index (χ0v) is 15.3. The normalized spacial score (nSPS) is 52.2. The molecule has 0 N–H and O–H groups in total. The second-order valence-corrected chi connectivity index (χ2v) is 9.70. The number of rotatable bonds is 1. The van der Waals surface area contributed by atoms with Crippen molar-refractivity contribution in [2.75, 3.05) is 0 Å². The summed E-state index contributed by atoms with van der Waals surface area (Å²) in [7, 11) is 0. The first-order valence-corrected chi connectivity index (χ1v) is 10.1. The van der Waals surface area contributed by atoms with Crippen LogP contribution in [0.1, 0.15) is 85.0 Å². The maximum absolute atomic E-state index is 11.6. The summed E-state index contributed by atoms with van der Waals surface area (Å²) < 4.78 is 5.82. The molecular weight excluding hydrogens is 284 g/mol. The van der Waals surface area contributed by atoms with Gasteiger partial charge in [0.15, 0.2) is 0 Å². The second kappa shape index (κ2) is 5.49. The molecular formula is C21H34O2. The van der Waals surface area contributed by atoms with E-state index in [1.807, 2.05) is 0 Å². The smallest absolute Gasteiger partial charge is 0.302 e. The Morgan fingerprint density at radius 3 is 2.52 bits per heavy atom. The van der Waals surface area contributed by atoms with Crippen LogP contribution in [0.15, 0.2) is 0 Å². The Morgan fingerprint density at radius 2 is 1.74 bits per heavy atom. The maximum atomic E-state index is 11.6. The predicted molar refractivity (Wildman–Crippen MR) is 91.9 cm³/mol. The zero-order chi connectivity index (χ0) is 16.2. The molecule has 0 heterocycles. The van der Waals surface area contributed by atoms with Crippen molar-refractivity contribution < 1.29 is 9.53 Å². The minimum absolute atomic E-state index is 0.0704. The van der Waals surface area contributed by atoms with Crippen molar-refractivity contribution >= 4 is 5.97 Å². The van der Waals surface area contributed by atoms with Gasteiger partial charge in [0.25, 0.3) is 0 Å². The lowest BCUT2D eigenvalue weighted by atomic mass is 9.45. The van der Waals surface area contributed by atoms with Crippen molar-refractivity contribution in [3.05, 3.63) is 0 Å². The van der Waals surface area contributed by atoms with E-state index in [0.717, 1.165) is 24.2 Å². The number of carbonyl (C=O) groups is 1. The number of esters is 1. The van der Waals surface area contributed by atoms with Gasteiger partial charge in [0.2, 0.25) is 0 Å². The molecule has 0 spiro atoms. The third-order valence-corrected chi connectivity index (χ3v) is 8.67. The lowest BCUT2D eigenvalue weighted by Crippen LogP contribution is -2.53. The van der Waals surface area contributed by atoms with Gasteiger partial charge in [-0.05, 0) is 80.0 Å². The van der Waals surface area contributed by atoms with E-state index >= 15 is 0 Å². The van der Waals surface area contributed by atoms with Gasteiger partial charge in [0.1, 0.15) is 6.10 Å². The Labute approximate surface area is 141 Å². The summed E-state index contributed by atoms with van der Waals surface area (Å²) in [5, 5.41) is 0. The topological polar surface area (TPSA) is 26.3 Å². The second-order valence-electron chi connectivity index (χ2n) is 9.70. The van der Waals surface area contributed by atoms with Gasteiger partial charge in [0.05, 0.1) is 0 Å². The highest BCUT2D eigenvalue weighted by atomic mass is 16.5. The number of hydrogen-bond donors (Lipinski definition) is 0. The summed E-state index contributed by atoms with van der Waals surface area (Å²) in [5.74, 6) is 3.22. The molecule has 4 aliphatic rings. The summed E-state index contributed by atoms with van der Waals surface area (Å²) in [6.07, 6.45) is 14.0. The molecule has 23 heavy (non-hydrogen) atoms. The largest absolute Gasteiger partial charge is 0.462 e. The van der Waals surface area contributed by atoms with E-state index in [1.165, 1.54) is 57.8 Å². The van der Waals surface area contributed by atoms with E-state index in [-0.39, 0.29) is 12.1 Å². The van der Waals surface area contributed by atoms with E-state index in [0.29, 0.717) is 16.7 Å². The van der Waals surface area contributed by atoms with E-state index in [2.05, 4.69) is 13.8 Å². The van der Waals surface area contributed by atoms with Gasteiger partial charge in [-0.1, -0.05) is 26.7 Å². The third-order valence-electron chi connectivity index (χ3n) is 8.67. The number of fused-ring (bicyclic) bond motifs is 5. The zero-order valence-electron chi connectivity index (χ0n) is 15.3. The van der Waals surface area contributed by atoms with Gasteiger partial charge in [-0.25, -0.2) is 0 Å². The van der Waals surface area contributed by atoms with Crippen LogP contribution in [0.2, 0.25) is 0 Å². The van der Waals surface area contributed by atoms with Gasteiger partial charge in [-0.3, -0.25) is 4.79 Å². The van der Waals surface area contributed by atoms with Crippen molar-refractivity contribution in [2.45, 2.75) is 91.1 Å². The lowest BCUT2D eigenvalue weighted by Gasteiger charge is -2.60. The molecule has 2 nitrogen and oxygen atoms in total. The quantitative estimate of drug-likeness (QED) is 0.609. The Balaban J connectivity index is 1.63. The average molecular weight is 319 g/mol. The molecule has 7 atom stereocenters. The van der Waals surface area contributed by atoms with Crippen molar-refractivity contribution in [3.8, 4) is 0 Å². The van der Waals surface area contributed by atoms with Crippen molar-refractivity contribution in [1.82, 2.24) is 0 Å². The van der Waals surface area contributed by atoms with Gasteiger partial charge in [0, 0.05) is 12.8 Å². The molecule has 4 saturated carbocycles. The van der Waals surface area contributed by atoms with Crippen molar-refractivity contribution in [2.24, 2.45) is 34.5 Å². The van der Waals surface area contributed by atoms with Crippen LogP contribution in [0.25, 0.3) is 0 Å². The van der Waals surface area contributed by atoms with Crippen molar-refractivity contribution in [1.29, 1.82) is 0 Å². The molecule has 0 radical (unpaired) electrons. The van der Waals surface area contributed by atoms with Crippen molar-refractivity contribution in [3.63, 3.8) is 0 Å². The molecule has 0 saturated heterocycles. The van der Waals surface area contributed by atoms with Gasteiger partial charge in [-0.2, -0.15) is 0 Å². The molecule has 0 aromatic heterocycles. The highest BCUT2D eigenvalue weighted by molar-refractivity contribution is 5.66. The van der Waals surface area contributed by atoms with E-state index < -0.39 is 0 Å². The van der Waals surface area contributed by atoms with Crippen LogP contribution in [0, 0.1) is 34.5 Å². The molecule has 0 aromatic rings. The van der Waals surface area contributed by atoms with Crippen LogP contribution in [0.3, 0.4) is 0 Å². The SMILES string of the molecule is CC(=O)O[C@@H]1CC[C@@]2(C)CC[C@H]3[C@@H](CC[C@H]4CCCC[C@@]43C)[C@H]12. The predicted octanol–water partition coefficient (Wildman–Crippen LogP) is 5.35. The Morgan fingerprint density at radius 1 is 0.957 bits per heavy atom. The van der Waals surface area contributed by atoms with E-state index in [4.69, 9.17) is 4.74 Å². The maximum Gasteiger partial charge on any atom is 0.302 e. The van der Waals surface area contributed by atoms with Gasteiger partial charge in [-0.15, -0.1) is 0 Å². The minimum atomic E-state index is -0.0704. The average Bonchev–Trinajstić information content (AvgIpc) is 2.83. The molecule has 130 valence electrons. The van der Waals surface area contributed by atoms with Crippen LogP contribution in [0.4, 0.5) is 0 Å². The molecule has 4 fully saturated rings. The van der Waals surface area contributed by atoms with Crippen LogP contribution in [0.5, 0.6) is 0 Å². The Bertz CT molecular complexity index is 486. The summed E-state index contributed by atoms with van der Waals surface area (Å²) in [6, 6.07) is 0. The van der Waals surface area contributed by atoms with Crippen LogP contribution in [-0.2, 0) is 9.53 Å². The molecule has 0 unspecified atom stereocenters. The molecule has 0 amide bonds. The Hall–Kier alpha value is -0.530. The first-order valence-electron chi connectivity index (χ1n) is 10.1. The van der Waals surface area contributed by atoms with Crippen LogP contribution in [-0.4, -0.2) is 12.1 Å². The highest BCUT2D eigenvalue weighted by Gasteiger charge is 2.60. The van der Waals surface area contributed by atoms with E-state index in [1.54, 1.807) is 6.92 Å². The first-order chi connectivity index (χ1) is 10.9. The molecule has 4 aliphatic carbocycles. The Kier molecular flexibility index (Phi) is 3.81. The molecule has 0 aliphatic heterocycles. The fourth-order valence-corrected chi connectivity index (χ4v) is 7.63. The molecule has 0 aromatic carbocycles. The molecule has 4 rings (SSSR count). The van der Waals surface area contributed by atoms with Crippen LogP contribution < -0.4 is 0 Å². The van der Waals surface area contributed by atoms with Gasteiger partial charge < -0.3 is 4.74 Å². The number of ether oxygens (including phenoxy) is 1. The summed E-state index contributed by atoms with van der Waals surface area (Å²) in [6.45, 7) is 6.70. The summed E-state index contributed by atoms with van der Waals surface area (Å²) >= 11 is 0. The monoisotopic (exact) mass is 318 g/mol. The summed E-state index contributed by atoms with van der Waals surface area (Å²) in [4.78, 5) is 11.6. The molecule has 2 heteroatoms. The lowest BCUT2D eigenvalue weighted by molar-refractivity contribution is -0.160. The summed E-state index contributed by atoms with van der Waals surface area (Å²) in [5.41, 5.74) is 1.00. The van der Waals surface area contributed by atoms with E-state index in [9.17, 15) is 4.79 Å². The molecule has 0 bridgehead atoms. The fourth-order valence-electron chi connectivity index (χ4n) is 7.63. The highest BCUT2D eigenvalue weighted by Crippen LogP contribution is 2.66. The number of hydrogen-bond acceptors (Lipinski definition) is 2. The number of carbonyl (C=O) groups excluding carboxylic acids is 1. The first kappa shape index (κ1) is 16.0. The van der Waals surface area contributed by atoms with Gasteiger partial charge >= 0.3 is 5.97 Å². The minimum Gasteiger partial charge on any atom is -0.462 e. The fraction of sp³-hybridized carbons (Fsp3) is 0.952.